The molecule has 1 N–H and O–H groups in total. The zero-order valence-electron chi connectivity index (χ0n) is 41.4. The van der Waals surface area contributed by atoms with Crippen molar-refractivity contribution >= 4 is 65.3 Å². The maximum Gasteiger partial charge on any atom is 0.152 e. The van der Waals surface area contributed by atoms with E-state index in [-0.39, 0.29) is 17.6 Å². The maximum absolute atomic E-state index is 14.0. The van der Waals surface area contributed by atoms with Gasteiger partial charge in [0.2, 0.25) is 0 Å². The molecule has 2 aliphatic heterocycles. The van der Waals surface area contributed by atoms with Crippen LogP contribution in [0, 0.1) is 11.6 Å². The predicted molar refractivity (Wildman–Crippen MR) is 305 cm³/mol. The van der Waals surface area contributed by atoms with Gasteiger partial charge in [-0.15, -0.1) is 0 Å². The number of nitrogens with one attached hydrogen (secondary N) is 1. The van der Waals surface area contributed by atoms with E-state index >= 15 is 0 Å². The molecular formula is C63H55BrF2N4O2S2. The molecule has 74 heavy (non-hydrogen) atoms. The summed E-state index contributed by atoms with van der Waals surface area (Å²) in [6.07, 6.45) is 6.59. The van der Waals surface area contributed by atoms with E-state index in [1.165, 1.54) is 46.3 Å². The topological polar surface area (TPSA) is 69.3 Å². The second-order valence-corrected chi connectivity index (χ2v) is 22.1. The first-order valence-electron chi connectivity index (χ1n) is 25.1. The van der Waals surface area contributed by atoms with Crippen molar-refractivity contribution in [3.63, 3.8) is 0 Å². The number of H-pyrrole nitrogens is 1. The van der Waals surface area contributed by atoms with Gasteiger partial charge in [0.25, 0.3) is 0 Å². The first-order valence-corrected chi connectivity index (χ1v) is 28.1. The van der Waals surface area contributed by atoms with Gasteiger partial charge >= 0.3 is 0 Å². The second-order valence-electron chi connectivity index (χ2n) is 18.3. The van der Waals surface area contributed by atoms with Gasteiger partial charge < -0.3 is 4.98 Å². The van der Waals surface area contributed by atoms with Gasteiger partial charge in [0.15, 0.2) is 11.0 Å². The Hall–Kier alpha value is -6.89. The van der Waals surface area contributed by atoms with Gasteiger partial charge in [0.05, 0.1) is 21.2 Å². The highest BCUT2D eigenvalue weighted by atomic mass is 79.9. The molecule has 12 rings (SSSR count). The summed E-state index contributed by atoms with van der Waals surface area (Å²) >= 11 is 3.57. The van der Waals surface area contributed by atoms with Gasteiger partial charge in [0.1, 0.15) is 22.6 Å². The summed E-state index contributed by atoms with van der Waals surface area (Å²) in [5.41, 5.74) is 14.2. The summed E-state index contributed by atoms with van der Waals surface area (Å²) in [5.74, 6) is -0.385. The molecule has 8 aromatic carbocycles. The van der Waals surface area contributed by atoms with E-state index in [0.717, 1.165) is 113 Å². The largest absolute Gasteiger partial charge is 0.361 e. The van der Waals surface area contributed by atoms with Crippen LogP contribution in [0.15, 0.2) is 209 Å². The van der Waals surface area contributed by atoms with Crippen molar-refractivity contribution in [1.29, 1.82) is 0 Å². The van der Waals surface area contributed by atoms with E-state index in [9.17, 15) is 17.2 Å². The molecule has 4 heterocycles. The lowest BCUT2D eigenvalue weighted by atomic mass is 9.93. The first kappa shape index (κ1) is 50.6. The van der Waals surface area contributed by atoms with Crippen LogP contribution in [0.2, 0.25) is 0 Å². The number of pyridine rings is 1. The SMILES string of the molecule is CC.CC(c1ccc(S(=O)N2CCc3ccc(Br)cc3C2)cc1)c1ccc(S(=O)N2CCCc3ccc(-c4ccc5[nH]ccc5c4)cc32)cc1.Fc1ccc(-c2ccc3ccnc(-c4ccc(F)cc4)c3c2)cc1. The van der Waals surface area contributed by atoms with Crippen LogP contribution in [0.5, 0.6) is 0 Å². The van der Waals surface area contributed by atoms with Crippen molar-refractivity contribution in [1.82, 2.24) is 14.3 Å². The Balaban J connectivity index is 0.000000201. The van der Waals surface area contributed by atoms with Crippen LogP contribution >= 0.6 is 15.9 Å². The summed E-state index contributed by atoms with van der Waals surface area (Å²) in [6, 6.07) is 58.6. The lowest BCUT2D eigenvalue weighted by molar-refractivity contribution is 0.420. The van der Waals surface area contributed by atoms with Crippen LogP contribution in [0.4, 0.5) is 14.5 Å². The smallest absolute Gasteiger partial charge is 0.152 e. The summed E-state index contributed by atoms with van der Waals surface area (Å²) in [7, 11) is -2.53. The molecular weight excluding hydrogens is 1030 g/mol. The van der Waals surface area contributed by atoms with Crippen LogP contribution in [0.3, 0.4) is 0 Å². The van der Waals surface area contributed by atoms with Crippen LogP contribution < -0.4 is 4.31 Å². The average molecular weight is 1080 g/mol. The van der Waals surface area contributed by atoms with Gasteiger partial charge in [0, 0.05) is 58.9 Å². The number of rotatable bonds is 9. The number of fused-ring (bicyclic) bond motifs is 4. The minimum absolute atomic E-state index is 0.143. The van der Waals surface area contributed by atoms with Crippen LogP contribution in [-0.4, -0.2) is 35.8 Å². The summed E-state index contributed by atoms with van der Waals surface area (Å²) in [6.45, 7) is 8.40. The van der Waals surface area contributed by atoms with Crippen molar-refractivity contribution in [3.05, 3.63) is 238 Å². The summed E-state index contributed by atoms with van der Waals surface area (Å²) in [5, 5.41) is 3.21. The fourth-order valence-corrected chi connectivity index (χ4v) is 12.7. The normalized spacial score (nSPS) is 14.4. The zero-order valence-corrected chi connectivity index (χ0v) is 44.6. The molecule has 372 valence electrons. The molecule has 0 saturated heterocycles. The molecule has 11 heteroatoms. The lowest BCUT2D eigenvalue weighted by Crippen LogP contribution is -2.32. The van der Waals surface area contributed by atoms with E-state index in [1.807, 2.05) is 68.6 Å². The quantitative estimate of drug-likeness (QED) is 0.157. The van der Waals surface area contributed by atoms with Crippen LogP contribution in [0.25, 0.3) is 55.2 Å². The van der Waals surface area contributed by atoms with Gasteiger partial charge in [-0.3, -0.25) is 9.29 Å². The van der Waals surface area contributed by atoms with E-state index in [4.69, 9.17) is 0 Å². The molecule has 2 aromatic heterocycles. The monoisotopic (exact) mass is 1080 g/mol. The molecule has 0 amide bonds. The first-order chi connectivity index (χ1) is 36.1. The van der Waals surface area contributed by atoms with Gasteiger partial charge in [-0.1, -0.05) is 109 Å². The molecule has 3 atom stereocenters. The number of hydrogen-bond acceptors (Lipinski definition) is 3. The predicted octanol–water partition coefficient (Wildman–Crippen LogP) is 16.2. The third kappa shape index (κ3) is 11.0. The number of anilines is 1. The van der Waals surface area contributed by atoms with Crippen molar-refractivity contribution in [2.24, 2.45) is 0 Å². The molecule has 2 aliphatic rings. The number of hydrogen-bond donors (Lipinski definition) is 1. The Kier molecular flexibility index (Phi) is 15.5. The number of aryl methyl sites for hydroxylation is 1. The number of aromatic nitrogens is 2. The number of aromatic amines is 1. The van der Waals surface area contributed by atoms with Crippen LogP contribution in [-0.2, 0) is 41.4 Å². The minimum atomic E-state index is -1.32. The standard InChI is InChI=1S/C40H36BrN3O2S2.C21H13F2N.C2H6/c1-27(28-7-13-37(14-8-28)47(45)43-22-19-30-6-12-36(41)24-35(30)26-43)29-9-15-38(16-10-29)48(46)44-21-2-3-31-4-5-33(25-40(31)44)32-11-17-39-34(23-32)18-20-42-39;22-18-7-3-14(4-8-18)17-2-1-15-11-12-24-21(20(15)13-17)16-5-9-19(23)10-6-16;1-2/h4-18,20,23-25,27,42H,2-3,19,21-22,26H2,1H3;1-13H;1-2H3. The number of nitrogens with zero attached hydrogens (tertiary/aromatic N) is 3. The molecule has 0 spiro atoms. The molecule has 6 nitrogen and oxygen atoms in total. The van der Waals surface area contributed by atoms with Crippen molar-refractivity contribution in [2.75, 3.05) is 17.4 Å². The Bertz CT molecular complexity index is 3640. The molecule has 0 fully saturated rings. The van der Waals surface area contributed by atoms with Gasteiger partial charge in [-0.05, 0) is 189 Å². The lowest BCUT2D eigenvalue weighted by Gasteiger charge is -2.30. The molecule has 0 radical (unpaired) electrons. The van der Waals surface area contributed by atoms with Crippen molar-refractivity contribution < 1.29 is 17.2 Å². The highest BCUT2D eigenvalue weighted by Gasteiger charge is 2.25. The number of benzene rings is 8. The molecule has 3 unspecified atom stereocenters. The molecule has 10 aromatic rings. The van der Waals surface area contributed by atoms with E-state index < -0.39 is 22.0 Å². The molecule has 0 saturated carbocycles. The van der Waals surface area contributed by atoms with E-state index in [2.05, 4.69) is 126 Å². The fraction of sp³-hybridized carbons (Fsp3) is 0.159. The van der Waals surface area contributed by atoms with Gasteiger partial charge in [-0.2, -0.15) is 0 Å². The summed E-state index contributed by atoms with van der Waals surface area (Å²) < 4.78 is 59.0. The third-order valence-electron chi connectivity index (χ3n) is 13.9. The Morgan fingerprint density at radius 1 is 0.568 bits per heavy atom. The van der Waals surface area contributed by atoms with E-state index in [0.29, 0.717) is 6.54 Å². The molecule has 0 bridgehead atoms. The Morgan fingerprint density at radius 2 is 1.18 bits per heavy atom. The highest BCUT2D eigenvalue weighted by molar-refractivity contribution is 9.10. The second kappa shape index (κ2) is 22.7. The highest BCUT2D eigenvalue weighted by Crippen LogP contribution is 2.37. The number of halogens is 3. The maximum atomic E-state index is 14.0. The average Bonchev–Trinajstić information content (AvgIpc) is 3.93. The van der Waals surface area contributed by atoms with E-state index in [1.54, 1.807) is 30.5 Å². The van der Waals surface area contributed by atoms with Crippen molar-refractivity contribution in [3.8, 4) is 33.5 Å². The third-order valence-corrected chi connectivity index (χ3v) is 17.3. The molecule has 0 aliphatic carbocycles. The Labute approximate surface area is 445 Å². The van der Waals surface area contributed by atoms with Crippen molar-refractivity contribution in [2.45, 2.75) is 62.3 Å². The Morgan fingerprint density at radius 3 is 1.89 bits per heavy atom. The zero-order chi connectivity index (χ0) is 51.3. The van der Waals surface area contributed by atoms with Crippen LogP contribution in [0.1, 0.15) is 60.9 Å². The van der Waals surface area contributed by atoms with Gasteiger partial charge in [-0.25, -0.2) is 21.5 Å². The minimum Gasteiger partial charge on any atom is -0.361 e. The summed E-state index contributed by atoms with van der Waals surface area (Å²) in [4.78, 5) is 9.37. The fourth-order valence-electron chi connectivity index (χ4n) is 9.81.